The summed E-state index contributed by atoms with van der Waals surface area (Å²) in [6, 6.07) is 6.16. The second kappa shape index (κ2) is 4.28. The number of nitriles is 1. The molecule has 3 N–H and O–H groups in total. The molecule has 1 fully saturated rings. The largest absolute Gasteiger partial charge is 0.380 e. The molecule has 4 heteroatoms. The van der Waals surface area contributed by atoms with E-state index in [2.05, 4.69) is 10.3 Å². The zero-order chi connectivity index (χ0) is 10.7. The van der Waals surface area contributed by atoms with Crippen molar-refractivity contribution < 1.29 is 0 Å². The fourth-order valence-corrected chi connectivity index (χ4v) is 1.93. The zero-order valence-corrected chi connectivity index (χ0v) is 8.48. The maximum absolute atomic E-state index is 8.60. The Balaban J connectivity index is 2.02. The van der Waals surface area contributed by atoms with Gasteiger partial charge in [-0.05, 0) is 31.4 Å². The van der Waals surface area contributed by atoms with Crippen molar-refractivity contribution in [2.45, 2.75) is 31.3 Å². The van der Waals surface area contributed by atoms with E-state index in [1.807, 2.05) is 12.1 Å². The van der Waals surface area contributed by atoms with Gasteiger partial charge >= 0.3 is 0 Å². The van der Waals surface area contributed by atoms with Crippen LogP contribution < -0.4 is 11.1 Å². The molecule has 15 heavy (non-hydrogen) atoms. The Morgan fingerprint density at radius 2 is 2.33 bits per heavy atom. The van der Waals surface area contributed by atoms with E-state index in [4.69, 9.17) is 11.0 Å². The summed E-state index contributed by atoms with van der Waals surface area (Å²) < 4.78 is 0. The Hall–Kier alpha value is -1.60. The van der Waals surface area contributed by atoms with E-state index in [9.17, 15) is 0 Å². The molecule has 1 aromatic rings. The zero-order valence-electron chi connectivity index (χ0n) is 8.48. The molecule has 0 spiro atoms. The minimum atomic E-state index is 0.237. The van der Waals surface area contributed by atoms with E-state index in [1.165, 1.54) is 6.42 Å². The summed E-state index contributed by atoms with van der Waals surface area (Å²) >= 11 is 0. The molecule has 0 saturated heterocycles. The van der Waals surface area contributed by atoms with E-state index in [1.54, 1.807) is 12.3 Å². The van der Waals surface area contributed by atoms with Gasteiger partial charge in [-0.2, -0.15) is 5.26 Å². The van der Waals surface area contributed by atoms with Gasteiger partial charge in [-0.15, -0.1) is 0 Å². The SMILES string of the molecule is N#Cc1ccc(NC2CCCC2N)cn1. The van der Waals surface area contributed by atoms with Crippen LogP contribution in [0.25, 0.3) is 0 Å². The van der Waals surface area contributed by atoms with Crippen LogP contribution in [0.2, 0.25) is 0 Å². The highest BCUT2D eigenvalue weighted by atomic mass is 15.0. The predicted octanol–water partition coefficient (Wildman–Crippen LogP) is 1.24. The molecule has 1 aliphatic carbocycles. The van der Waals surface area contributed by atoms with Crippen molar-refractivity contribution in [3.8, 4) is 6.07 Å². The number of rotatable bonds is 2. The highest BCUT2D eigenvalue weighted by Gasteiger charge is 2.23. The normalized spacial score (nSPS) is 24.8. The monoisotopic (exact) mass is 202 g/mol. The average molecular weight is 202 g/mol. The first-order chi connectivity index (χ1) is 7.29. The molecule has 0 radical (unpaired) electrons. The first-order valence-corrected chi connectivity index (χ1v) is 5.18. The fourth-order valence-electron chi connectivity index (χ4n) is 1.93. The minimum Gasteiger partial charge on any atom is -0.380 e. The van der Waals surface area contributed by atoms with Crippen LogP contribution in [0.4, 0.5) is 5.69 Å². The lowest BCUT2D eigenvalue weighted by Crippen LogP contribution is -2.35. The Morgan fingerprint density at radius 1 is 1.47 bits per heavy atom. The summed E-state index contributed by atoms with van der Waals surface area (Å²) in [5.41, 5.74) is 7.33. The first kappa shape index (κ1) is 9.94. The van der Waals surface area contributed by atoms with Gasteiger partial charge in [0.2, 0.25) is 0 Å². The van der Waals surface area contributed by atoms with Gasteiger partial charge in [0.1, 0.15) is 11.8 Å². The van der Waals surface area contributed by atoms with E-state index < -0.39 is 0 Å². The van der Waals surface area contributed by atoms with Gasteiger partial charge in [0.05, 0.1) is 11.9 Å². The Morgan fingerprint density at radius 3 is 2.87 bits per heavy atom. The Bertz CT molecular complexity index is 365. The van der Waals surface area contributed by atoms with Crippen molar-refractivity contribution in [3.63, 3.8) is 0 Å². The summed E-state index contributed by atoms with van der Waals surface area (Å²) in [6.45, 7) is 0. The van der Waals surface area contributed by atoms with Crippen LogP contribution in [0.15, 0.2) is 18.3 Å². The average Bonchev–Trinajstić information content (AvgIpc) is 2.66. The lowest BCUT2D eigenvalue weighted by atomic mass is 10.2. The molecular weight excluding hydrogens is 188 g/mol. The number of hydrogen-bond acceptors (Lipinski definition) is 4. The van der Waals surface area contributed by atoms with Crippen LogP contribution in [0.3, 0.4) is 0 Å². The van der Waals surface area contributed by atoms with Crippen LogP contribution in [0.1, 0.15) is 25.0 Å². The standard InChI is InChI=1S/C11H14N4/c12-6-8-4-5-9(7-14-8)15-11-3-1-2-10(11)13/h4-5,7,10-11,15H,1-3,13H2. The molecule has 0 aliphatic heterocycles. The summed E-state index contributed by atoms with van der Waals surface area (Å²) in [4.78, 5) is 4.00. The fraction of sp³-hybridized carbons (Fsp3) is 0.455. The summed E-state index contributed by atoms with van der Waals surface area (Å²) in [6.07, 6.45) is 5.06. The van der Waals surface area contributed by atoms with Gasteiger partial charge in [-0.1, -0.05) is 0 Å². The second-order valence-corrected chi connectivity index (χ2v) is 3.89. The number of nitrogens with zero attached hydrogens (tertiary/aromatic N) is 2. The molecule has 0 aromatic carbocycles. The second-order valence-electron chi connectivity index (χ2n) is 3.89. The highest BCUT2D eigenvalue weighted by molar-refractivity contribution is 5.44. The number of nitrogens with one attached hydrogen (secondary N) is 1. The van der Waals surface area contributed by atoms with E-state index in [0.29, 0.717) is 11.7 Å². The topological polar surface area (TPSA) is 74.7 Å². The molecule has 2 atom stereocenters. The van der Waals surface area contributed by atoms with Gasteiger partial charge in [0.15, 0.2) is 0 Å². The van der Waals surface area contributed by atoms with Crippen molar-refractivity contribution in [1.82, 2.24) is 4.98 Å². The van der Waals surface area contributed by atoms with Gasteiger partial charge in [-0.25, -0.2) is 4.98 Å². The summed E-state index contributed by atoms with van der Waals surface area (Å²) in [5.74, 6) is 0. The van der Waals surface area contributed by atoms with Gasteiger partial charge in [0.25, 0.3) is 0 Å². The highest BCUT2D eigenvalue weighted by Crippen LogP contribution is 2.21. The lowest BCUT2D eigenvalue weighted by molar-refractivity contribution is 0.637. The third kappa shape index (κ3) is 2.25. The van der Waals surface area contributed by atoms with Crippen molar-refractivity contribution in [2.75, 3.05) is 5.32 Å². The predicted molar refractivity (Wildman–Crippen MR) is 58.2 cm³/mol. The smallest absolute Gasteiger partial charge is 0.140 e. The third-order valence-electron chi connectivity index (χ3n) is 2.80. The Kier molecular flexibility index (Phi) is 2.84. The van der Waals surface area contributed by atoms with Crippen LogP contribution >= 0.6 is 0 Å². The molecule has 0 bridgehead atoms. The van der Waals surface area contributed by atoms with E-state index in [0.717, 1.165) is 18.5 Å². The van der Waals surface area contributed by atoms with Crippen LogP contribution in [-0.4, -0.2) is 17.1 Å². The van der Waals surface area contributed by atoms with Crippen molar-refractivity contribution >= 4 is 5.69 Å². The van der Waals surface area contributed by atoms with Gasteiger partial charge < -0.3 is 11.1 Å². The molecule has 1 aliphatic rings. The van der Waals surface area contributed by atoms with Gasteiger partial charge in [-0.3, -0.25) is 0 Å². The quantitative estimate of drug-likeness (QED) is 0.756. The molecule has 1 aromatic heterocycles. The molecule has 2 rings (SSSR count). The van der Waals surface area contributed by atoms with Crippen molar-refractivity contribution in [1.29, 1.82) is 5.26 Å². The molecule has 2 unspecified atom stereocenters. The molecule has 1 heterocycles. The molecule has 4 nitrogen and oxygen atoms in total. The maximum atomic E-state index is 8.60. The number of hydrogen-bond donors (Lipinski definition) is 2. The summed E-state index contributed by atoms with van der Waals surface area (Å²) in [5, 5.41) is 11.9. The Labute approximate surface area is 89.1 Å². The molecule has 78 valence electrons. The lowest BCUT2D eigenvalue weighted by Gasteiger charge is -2.18. The first-order valence-electron chi connectivity index (χ1n) is 5.18. The number of pyridine rings is 1. The third-order valence-corrected chi connectivity index (χ3v) is 2.80. The number of anilines is 1. The number of aromatic nitrogens is 1. The molecule has 0 amide bonds. The molecular formula is C11H14N4. The van der Waals surface area contributed by atoms with Gasteiger partial charge in [0, 0.05) is 12.1 Å². The summed E-state index contributed by atoms with van der Waals surface area (Å²) in [7, 11) is 0. The van der Waals surface area contributed by atoms with E-state index in [-0.39, 0.29) is 6.04 Å². The van der Waals surface area contributed by atoms with Crippen LogP contribution in [-0.2, 0) is 0 Å². The molecule has 1 saturated carbocycles. The van der Waals surface area contributed by atoms with Crippen LogP contribution in [0, 0.1) is 11.3 Å². The van der Waals surface area contributed by atoms with Crippen molar-refractivity contribution in [3.05, 3.63) is 24.0 Å². The maximum Gasteiger partial charge on any atom is 0.140 e. The van der Waals surface area contributed by atoms with E-state index >= 15 is 0 Å². The minimum absolute atomic E-state index is 0.237. The number of nitrogens with two attached hydrogens (primary N) is 1. The van der Waals surface area contributed by atoms with Crippen LogP contribution in [0.5, 0.6) is 0 Å². The van der Waals surface area contributed by atoms with Crippen molar-refractivity contribution in [2.24, 2.45) is 5.73 Å².